The van der Waals surface area contributed by atoms with Crippen LogP contribution in [-0.2, 0) is 16.0 Å². The molecule has 0 radical (unpaired) electrons. The zero-order valence-electron chi connectivity index (χ0n) is 15.0. The zero-order valence-corrected chi connectivity index (χ0v) is 15.0. The van der Waals surface area contributed by atoms with E-state index in [1.807, 2.05) is 54.3 Å². The summed E-state index contributed by atoms with van der Waals surface area (Å²) in [6.45, 7) is 5.57. The predicted molar refractivity (Wildman–Crippen MR) is 99.4 cm³/mol. The second-order valence-electron chi connectivity index (χ2n) is 6.81. The van der Waals surface area contributed by atoms with Crippen molar-refractivity contribution in [3.8, 4) is 0 Å². The fourth-order valence-electron chi connectivity index (χ4n) is 3.51. The van der Waals surface area contributed by atoms with Crippen molar-refractivity contribution in [1.29, 1.82) is 0 Å². The molecule has 0 aromatic heterocycles. The van der Waals surface area contributed by atoms with Crippen LogP contribution in [0.15, 0.2) is 48.5 Å². The van der Waals surface area contributed by atoms with Gasteiger partial charge in [-0.05, 0) is 37.5 Å². The Labute approximate surface area is 148 Å². The molecule has 25 heavy (non-hydrogen) atoms. The lowest BCUT2D eigenvalue weighted by molar-refractivity contribution is -0.121. The maximum atomic E-state index is 13.0. The summed E-state index contributed by atoms with van der Waals surface area (Å²) in [6, 6.07) is 15.8. The van der Waals surface area contributed by atoms with Crippen LogP contribution in [0.5, 0.6) is 0 Å². The van der Waals surface area contributed by atoms with E-state index in [0.29, 0.717) is 0 Å². The molecule has 0 bridgehead atoms. The number of hydrogen-bond acceptors (Lipinski definition) is 2. The quantitative estimate of drug-likeness (QED) is 0.928. The summed E-state index contributed by atoms with van der Waals surface area (Å²) in [7, 11) is 0. The van der Waals surface area contributed by atoms with Gasteiger partial charge in [-0.1, -0.05) is 48.0 Å². The lowest BCUT2D eigenvalue weighted by Gasteiger charge is -2.26. The SMILES string of the molecule is CC(=O)NC(CC(=O)N1c2ccccc2CC1C)c1ccc(C)cc1. The van der Waals surface area contributed by atoms with Gasteiger partial charge in [0.05, 0.1) is 12.5 Å². The molecule has 4 nitrogen and oxygen atoms in total. The minimum Gasteiger partial charge on any atom is -0.349 e. The second-order valence-corrected chi connectivity index (χ2v) is 6.81. The Morgan fingerprint density at radius 1 is 1.16 bits per heavy atom. The predicted octanol–water partition coefficient (Wildman–Crippen LogP) is 3.54. The Kier molecular flexibility index (Phi) is 4.88. The highest BCUT2D eigenvalue weighted by Gasteiger charge is 2.32. The van der Waals surface area contributed by atoms with Crippen LogP contribution in [0.25, 0.3) is 0 Å². The van der Waals surface area contributed by atoms with Gasteiger partial charge in [-0.15, -0.1) is 0 Å². The van der Waals surface area contributed by atoms with Gasteiger partial charge >= 0.3 is 0 Å². The minimum absolute atomic E-state index is 0.0387. The smallest absolute Gasteiger partial charge is 0.229 e. The summed E-state index contributed by atoms with van der Waals surface area (Å²) < 4.78 is 0. The van der Waals surface area contributed by atoms with E-state index in [-0.39, 0.29) is 30.3 Å². The molecule has 2 aromatic rings. The van der Waals surface area contributed by atoms with Gasteiger partial charge in [0.2, 0.25) is 11.8 Å². The number of nitrogens with zero attached hydrogens (tertiary/aromatic N) is 1. The largest absolute Gasteiger partial charge is 0.349 e. The first-order valence-corrected chi connectivity index (χ1v) is 8.69. The number of para-hydroxylation sites is 1. The molecule has 130 valence electrons. The number of hydrogen-bond donors (Lipinski definition) is 1. The summed E-state index contributed by atoms with van der Waals surface area (Å²) in [6.07, 6.45) is 1.12. The van der Waals surface area contributed by atoms with Crippen LogP contribution in [0.2, 0.25) is 0 Å². The molecule has 1 heterocycles. The van der Waals surface area contributed by atoms with E-state index in [2.05, 4.69) is 18.3 Å². The summed E-state index contributed by atoms with van der Waals surface area (Å²) in [5.74, 6) is -0.0926. The van der Waals surface area contributed by atoms with Crippen LogP contribution in [0.1, 0.15) is 43.0 Å². The number of fused-ring (bicyclic) bond motifs is 1. The number of nitrogens with one attached hydrogen (secondary N) is 1. The van der Waals surface area contributed by atoms with Crippen molar-refractivity contribution in [3.05, 3.63) is 65.2 Å². The van der Waals surface area contributed by atoms with E-state index in [9.17, 15) is 9.59 Å². The van der Waals surface area contributed by atoms with Crippen LogP contribution in [0, 0.1) is 6.92 Å². The average Bonchev–Trinajstić information content (AvgIpc) is 2.90. The van der Waals surface area contributed by atoms with Gasteiger partial charge in [0.15, 0.2) is 0 Å². The van der Waals surface area contributed by atoms with Gasteiger partial charge in [-0.2, -0.15) is 0 Å². The molecule has 3 rings (SSSR count). The maximum Gasteiger partial charge on any atom is 0.229 e. The monoisotopic (exact) mass is 336 g/mol. The van der Waals surface area contributed by atoms with Crippen LogP contribution >= 0.6 is 0 Å². The van der Waals surface area contributed by atoms with Crippen LogP contribution in [-0.4, -0.2) is 17.9 Å². The normalized spacial score (nSPS) is 17.1. The number of rotatable bonds is 4. The van der Waals surface area contributed by atoms with Crippen molar-refractivity contribution in [2.45, 2.75) is 45.7 Å². The summed E-state index contributed by atoms with van der Waals surface area (Å²) in [4.78, 5) is 26.5. The standard InChI is InChI=1S/C21H24N2O2/c1-14-8-10-17(11-9-14)19(22-16(3)24)13-21(25)23-15(2)12-18-6-4-5-7-20(18)23/h4-11,15,19H,12-13H2,1-3H3,(H,22,24). The molecule has 1 aliphatic rings. The van der Waals surface area contributed by atoms with Gasteiger partial charge < -0.3 is 10.2 Å². The molecule has 0 fully saturated rings. The van der Waals surface area contributed by atoms with Gasteiger partial charge in [-0.3, -0.25) is 9.59 Å². The van der Waals surface area contributed by atoms with E-state index in [1.165, 1.54) is 12.5 Å². The fourth-order valence-corrected chi connectivity index (χ4v) is 3.51. The van der Waals surface area contributed by atoms with E-state index in [0.717, 1.165) is 23.2 Å². The van der Waals surface area contributed by atoms with Crippen LogP contribution in [0.3, 0.4) is 0 Å². The Hall–Kier alpha value is -2.62. The van der Waals surface area contributed by atoms with Crippen molar-refractivity contribution in [1.82, 2.24) is 5.32 Å². The third-order valence-corrected chi connectivity index (χ3v) is 4.71. The van der Waals surface area contributed by atoms with Gasteiger partial charge in [0.25, 0.3) is 0 Å². The summed E-state index contributed by atoms with van der Waals surface area (Å²) >= 11 is 0. The Morgan fingerprint density at radius 2 is 1.84 bits per heavy atom. The highest BCUT2D eigenvalue weighted by molar-refractivity contribution is 5.96. The first-order chi connectivity index (χ1) is 12.0. The molecule has 0 saturated carbocycles. The highest BCUT2D eigenvalue weighted by Crippen LogP contribution is 2.33. The van der Waals surface area contributed by atoms with Gasteiger partial charge in [-0.25, -0.2) is 0 Å². The van der Waals surface area contributed by atoms with Gasteiger partial charge in [0, 0.05) is 18.7 Å². The molecular weight excluding hydrogens is 312 g/mol. The fraction of sp³-hybridized carbons (Fsp3) is 0.333. The molecular formula is C21H24N2O2. The lowest BCUT2D eigenvalue weighted by Crippen LogP contribution is -2.39. The molecule has 2 atom stereocenters. The molecule has 0 aliphatic carbocycles. The first-order valence-electron chi connectivity index (χ1n) is 8.69. The molecule has 2 unspecified atom stereocenters. The molecule has 1 N–H and O–H groups in total. The zero-order chi connectivity index (χ0) is 18.0. The van der Waals surface area contributed by atoms with E-state index >= 15 is 0 Å². The number of carbonyl (C=O) groups is 2. The third-order valence-electron chi connectivity index (χ3n) is 4.71. The van der Waals surface area contributed by atoms with Crippen LogP contribution in [0.4, 0.5) is 5.69 Å². The number of carbonyl (C=O) groups excluding carboxylic acids is 2. The summed E-state index contributed by atoms with van der Waals surface area (Å²) in [5.41, 5.74) is 4.30. The van der Waals surface area contributed by atoms with E-state index < -0.39 is 0 Å². The molecule has 0 saturated heterocycles. The van der Waals surface area contributed by atoms with Crippen molar-refractivity contribution in [3.63, 3.8) is 0 Å². The van der Waals surface area contributed by atoms with Crippen molar-refractivity contribution >= 4 is 17.5 Å². The van der Waals surface area contributed by atoms with E-state index in [1.54, 1.807) is 0 Å². The lowest BCUT2D eigenvalue weighted by atomic mass is 10.0. The number of aryl methyl sites for hydroxylation is 1. The average molecular weight is 336 g/mol. The second kappa shape index (κ2) is 7.09. The van der Waals surface area contributed by atoms with Crippen molar-refractivity contribution in [2.75, 3.05) is 4.90 Å². The topological polar surface area (TPSA) is 49.4 Å². The Balaban J connectivity index is 1.83. The molecule has 2 amide bonds. The number of benzene rings is 2. The minimum atomic E-state index is -0.314. The maximum absolute atomic E-state index is 13.0. The van der Waals surface area contributed by atoms with Crippen LogP contribution < -0.4 is 10.2 Å². The third kappa shape index (κ3) is 3.73. The molecule has 4 heteroatoms. The van der Waals surface area contributed by atoms with Crippen molar-refractivity contribution < 1.29 is 9.59 Å². The van der Waals surface area contributed by atoms with Gasteiger partial charge in [0.1, 0.15) is 0 Å². The first kappa shape index (κ1) is 17.2. The number of anilines is 1. The molecule has 0 spiro atoms. The Morgan fingerprint density at radius 3 is 2.52 bits per heavy atom. The highest BCUT2D eigenvalue weighted by atomic mass is 16.2. The van der Waals surface area contributed by atoms with E-state index in [4.69, 9.17) is 0 Å². The molecule has 2 aromatic carbocycles. The Bertz CT molecular complexity index is 783. The summed E-state index contributed by atoms with van der Waals surface area (Å²) in [5, 5.41) is 2.92. The molecule has 1 aliphatic heterocycles. The number of amides is 2. The van der Waals surface area contributed by atoms with Crippen molar-refractivity contribution in [2.24, 2.45) is 0 Å².